The van der Waals surface area contributed by atoms with E-state index in [-0.39, 0.29) is 6.04 Å². The summed E-state index contributed by atoms with van der Waals surface area (Å²) in [7, 11) is 0. The summed E-state index contributed by atoms with van der Waals surface area (Å²) in [6.07, 6.45) is 0. The molecule has 1 unspecified atom stereocenters. The van der Waals surface area contributed by atoms with Crippen LogP contribution in [0.5, 0.6) is 0 Å². The Morgan fingerprint density at radius 3 is 2.45 bits per heavy atom. The van der Waals surface area contributed by atoms with Crippen molar-refractivity contribution in [2.45, 2.75) is 24.8 Å². The van der Waals surface area contributed by atoms with Crippen LogP contribution in [0.2, 0.25) is 0 Å². The maximum absolute atomic E-state index is 5.73. The van der Waals surface area contributed by atoms with Gasteiger partial charge in [0.2, 0.25) is 0 Å². The van der Waals surface area contributed by atoms with Crippen molar-refractivity contribution in [1.29, 1.82) is 0 Å². The van der Waals surface area contributed by atoms with Gasteiger partial charge in [-0.05, 0) is 49.2 Å². The summed E-state index contributed by atoms with van der Waals surface area (Å²) in [4.78, 5) is 1.25. The lowest BCUT2D eigenvalue weighted by Crippen LogP contribution is -2.30. The van der Waals surface area contributed by atoms with Crippen molar-refractivity contribution in [3.63, 3.8) is 0 Å². The highest BCUT2D eigenvalue weighted by molar-refractivity contribution is 9.10. The minimum absolute atomic E-state index is 0.157. The van der Waals surface area contributed by atoms with Crippen LogP contribution in [0.4, 0.5) is 0 Å². The Kier molecular flexibility index (Phi) is 5.66. The summed E-state index contributed by atoms with van der Waals surface area (Å²) >= 11 is 5.26. The molecular weight excluding hydrogens is 332 g/mol. The summed E-state index contributed by atoms with van der Waals surface area (Å²) < 4.78 is 1.10. The minimum Gasteiger partial charge on any atom is -0.271 e. The standard InChI is InChI=1S/C16H19BrN2S/c1-11-3-8-15(12(2)9-11)16(19-18)10-20-14-6-4-13(17)5-7-14/h3-9,16,19H,10,18H2,1-2H3. The zero-order valence-electron chi connectivity index (χ0n) is 11.7. The minimum atomic E-state index is 0.157. The Balaban J connectivity index is 2.07. The molecule has 0 aliphatic rings. The molecule has 0 saturated carbocycles. The van der Waals surface area contributed by atoms with Gasteiger partial charge in [-0.1, -0.05) is 39.7 Å². The van der Waals surface area contributed by atoms with Gasteiger partial charge in [0.25, 0.3) is 0 Å². The van der Waals surface area contributed by atoms with E-state index in [0.717, 1.165) is 10.2 Å². The van der Waals surface area contributed by atoms with Gasteiger partial charge in [-0.2, -0.15) is 0 Å². The third kappa shape index (κ3) is 4.09. The maximum Gasteiger partial charge on any atom is 0.0556 e. The van der Waals surface area contributed by atoms with Gasteiger partial charge in [0.15, 0.2) is 0 Å². The number of rotatable bonds is 5. The molecule has 0 spiro atoms. The molecule has 2 aromatic rings. The van der Waals surface area contributed by atoms with E-state index in [9.17, 15) is 0 Å². The summed E-state index contributed by atoms with van der Waals surface area (Å²) in [6, 6.07) is 15.0. The summed E-state index contributed by atoms with van der Waals surface area (Å²) in [5.74, 6) is 6.63. The van der Waals surface area contributed by atoms with Crippen molar-refractivity contribution in [3.05, 3.63) is 63.6 Å². The molecular formula is C16H19BrN2S. The third-order valence-electron chi connectivity index (χ3n) is 3.23. The van der Waals surface area contributed by atoms with Crippen LogP contribution < -0.4 is 11.3 Å². The van der Waals surface area contributed by atoms with Gasteiger partial charge in [-0.25, -0.2) is 0 Å². The van der Waals surface area contributed by atoms with E-state index < -0.39 is 0 Å². The van der Waals surface area contributed by atoms with Crippen LogP contribution in [0.1, 0.15) is 22.7 Å². The van der Waals surface area contributed by atoms with Gasteiger partial charge in [-0.3, -0.25) is 11.3 Å². The van der Waals surface area contributed by atoms with Crippen LogP contribution in [0.3, 0.4) is 0 Å². The van der Waals surface area contributed by atoms with E-state index in [1.54, 1.807) is 11.8 Å². The van der Waals surface area contributed by atoms with Crippen molar-refractivity contribution in [2.75, 3.05) is 5.75 Å². The van der Waals surface area contributed by atoms with Crippen molar-refractivity contribution in [3.8, 4) is 0 Å². The van der Waals surface area contributed by atoms with Crippen LogP contribution in [0.25, 0.3) is 0 Å². The number of hydrazine groups is 1. The Labute approximate surface area is 133 Å². The Hall–Kier alpha value is -0.810. The second kappa shape index (κ2) is 7.27. The number of hydrogen-bond donors (Lipinski definition) is 2. The Morgan fingerprint density at radius 1 is 1.15 bits per heavy atom. The van der Waals surface area contributed by atoms with Crippen molar-refractivity contribution < 1.29 is 0 Å². The number of benzene rings is 2. The predicted molar refractivity (Wildman–Crippen MR) is 90.8 cm³/mol. The van der Waals surface area contributed by atoms with E-state index in [1.165, 1.54) is 21.6 Å². The second-order valence-corrected chi connectivity index (χ2v) is 6.85. The molecule has 2 aromatic carbocycles. The predicted octanol–water partition coefficient (Wildman–Crippen LogP) is 4.36. The lowest BCUT2D eigenvalue weighted by molar-refractivity contribution is 0.607. The largest absolute Gasteiger partial charge is 0.271 e. The van der Waals surface area contributed by atoms with Crippen LogP contribution >= 0.6 is 27.7 Å². The summed E-state index contributed by atoms with van der Waals surface area (Å²) in [5, 5.41) is 0. The molecule has 0 bridgehead atoms. The lowest BCUT2D eigenvalue weighted by atomic mass is 10.0. The molecule has 1 atom stereocenters. The van der Waals surface area contributed by atoms with Gasteiger partial charge in [0.05, 0.1) is 6.04 Å². The van der Waals surface area contributed by atoms with E-state index in [0.29, 0.717) is 0 Å². The molecule has 4 heteroatoms. The molecule has 106 valence electrons. The first kappa shape index (κ1) is 15.6. The first-order valence-electron chi connectivity index (χ1n) is 6.52. The van der Waals surface area contributed by atoms with E-state index in [4.69, 9.17) is 5.84 Å². The average molecular weight is 351 g/mol. The van der Waals surface area contributed by atoms with Crippen molar-refractivity contribution in [1.82, 2.24) is 5.43 Å². The first-order chi connectivity index (χ1) is 9.60. The SMILES string of the molecule is Cc1ccc(C(CSc2ccc(Br)cc2)NN)c(C)c1. The smallest absolute Gasteiger partial charge is 0.0556 e. The van der Waals surface area contributed by atoms with E-state index in [2.05, 4.69) is 77.7 Å². The third-order valence-corrected chi connectivity index (χ3v) is 4.87. The molecule has 20 heavy (non-hydrogen) atoms. The lowest BCUT2D eigenvalue weighted by Gasteiger charge is -2.18. The van der Waals surface area contributed by atoms with Crippen LogP contribution in [-0.4, -0.2) is 5.75 Å². The highest BCUT2D eigenvalue weighted by Crippen LogP contribution is 2.27. The zero-order valence-corrected chi connectivity index (χ0v) is 14.1. The average Bonchev–Trinajstić information content (AvgIpc) is 2.43. The molecule has 0 radical (unpaired) electrons. The second-order valence-electron chi connectivity index (χ2n) is 4.84. The van der Waals surface area contributed by atoms with Gasteiger partial charge in [0.1, 0.15) is 0 Å². The van der Waals surface area contributed by atoms with Gasteiger partial charge in [-0.15, -0.1) is 11.8 Å². The van der Waals surface area contributed by atoms with Gasteiger partial charge >= 0.3 is 0 Å². The normalized spacial score (nSPS) is 12.4. The number of aryl methyl sites for hydroxylation is 2. The quantitative estimate of drug-likeness (QED) is 0.477. The summed E-state index contributed by atoms with van der Waals surface area (Å²) in [6.45, 7) is 4.25. The monoisotopic (exact) mass is 350 g/mol. The Morgan fingerprint density at radius 2 is 1.85 bits per heavy atom. The molecule has 0 heterocycles. The molecule has 3 N–H and O–H groups in total. The van der Waals surface area contributed by atoms with Crippen molar-refractivity contribution >= 4 is 27.7 Å². The molecule has 0 saturated heterocycles. The number of nitrogens with two attached hydrogens (primary N) is 1. The highest BCUT2D eigenvalue weighted by Gasteiger charge is 2.12. The molecule has 2 rings (SSSR count). The van der Waals surface area contributed by atoms with E-state index >= 15 is 0 Å². The van der Waals surface area contributed by atoms with Crippen LogP contribution in [0, 0.1) is 13.8 Å². The molecule has 0 fully saturated rings. The topological polar surface area (TPSA) is 38.0 Å². The van der Waals surface area contributed by atoms with Gasteiger partial charge < -0.3 is 0 Å². The molecule has 0 amide bonds. The highest BCUT2D eigenvalue weighted by atomic mass is 79.9. The van der Waals surface area contributed by atoms with E-state index in [1.807, 2.05) is 0 Å². The molecule has 0 aliphatic heterocycles. The van der Waals surface area contributed by atoms with Crippen LogP contribution in [-0.2, 0) is 0 Å². The summed E-state index contributed by atoms with van der Waals surface area (Å²) in [5.41, 5.74) is 6.76. The number of halogens is 1. The number of hydrogen-bond acceptors (Lipinski definition) is 3. The number of thioether (sulfide) groups is 1. The zero-order chi connectivity index (χ0) is 14.5. The maximum atomic E-state index is 5.73. The first-order valence-corrected chi connectivity index (χ1v) is 8.29. The number of nitrogens with one attached hydrogen (secondary N) is 1. The Bertz CT molecular complexity index is 569. The van der Waals surface area contributed by atoms with Crippen molar-refractivity contribution in [2.24, 2.45) is 5.84 Å². The fourth-order valence-corrected chi connectivity index (χ4v) is 3.38. The molecule has 2 nitrogen and oxygen atoms in total. The molecule has 0 aromatic heterocycles. The molecule has 0 aliphatic carbocycles. The van der Waals surface area contributed by atoms with Gasteiger partial charge in [0, 0.05) is 15.1 Å². The fourth-order valence-electron chi connectivity index (χ4n) is 2.15. The van der Waals surface area contributed by atoms with Crippen LogP contribution in [0.15, 0.2) is 51.8 Å². The fraction of sp³-hybridized carbons (Fsp3) is 0.250.